The number of ether oxygens (including phenoxy) is 1. The van der Waals surface area contributed by atoms with Crippen LogP contribution in [0.2, 0.25) is 0 Å². The maximum atomic E-state index is 12.5. The van der Waals surface area contributed by atoms with Gasteiger partial charge in [-0.1, -0.05) is 242 Å². The Labute approximate surface area is 416 Å². The Morgan fingerprint density at radius 3 is 1.19 bits per heavy atom. The summed E-state index contributed by atoms with van der Waals surface area (Å²) in [6, 6.07) is -0.642. The zero-order valence-electron chi connectivity index (χ0n) is 44.4. The first-order chi connectivity index (χ1) is 33.0. The Hall–Kier alpha value is -2.44. The highest BCUT2D eigenvalue weighted by atomic mass is 16.5. The fourth-order valence-electron chi connectivity index (χ4n) is 8.52. The molecule has 0 aliphatic rings. The van der Waals surface area contributed by atoms with Gasteiger partial charge in [0.1, 0.15) is 0 Å². The van der Waals surface area contributed by atoms with E-state index in [2.05, 4.69) is 67.8 Å². The van der Waals surface area contributed by atoms with Gasteiger partial charge in [-0.05, 0) is 96.3 Å². The standard InChI is InChI=1S/C61H111NO5/c1-3-5-7-9-11-13-15-17-18-19-20-21-23-26-30-33-37-41-45-49-53-59(64)58(57-63)62-60(65)54-50-46-42-38-34-31-27-24-22-25-28-32-36-40-44-48-52-56-67-61(66)55-51-47-43-39-35-29-16-14-12-10-8-6-4-2/h8,10,14,16,22,25,32,36,49,53,58-59,63-64H,3-7,9,11-13,15,17-21,23-24,26-31,33-35,37-48,50-52,54-57H2,1-2H3,(H,62,65)/b10-8-,16-14-,25-22-,36-32-,53-49+. The largest absolute Gasteiger partial charge is 0.466 e. The van der Waals surface area contributed by atoms with E-state index in [0.717, 1.165) is 96.3 Å². The van der Waals surface area contributed by atoms with Crippen molar-refractivity contribution in [3.63, 3.8) is 0 Å². The van der Waals surface area contributed by atoms with E-state index >= 15 is 0 Å². The number of amides is 1. The molecule has 0 saturated carbocycles. The molecule has 0 spiro atoms. The van der Waals surface area contributed by atoms with Gasteiger partial charge in [-0.25, -0.2) is 0 Å². The van der Waals surface area contributed by atoms with Crippen molar-refractivity contribution < 1.29 is 24.5 Å². The lowest BCUT2D eigenvalue weighted by Gasteiger charge is -2.20. The van der Waals surface area contributed by atoms with E-state index in [9.17, 15) is 19.8 Å². The van der Waals surface area contributed by atoms with Crippen LogP contribution in [0.1, 0.15) is 290 Å². The lowest BCUT2D eigenvalue weighted by Crippen LogP contribution is -2.45. The second-order valence-corrected chi connectivity index (χ2v) is 19.6. The fraction of sp³-hybridized carbons (Fsp3) is 0.803. The molecule has 2 atom stereocenters. The summed E-state index contributed by atoms with van der Waals surface area (Å²) in [7, 11) is 0. The van der Waals surface area contributed by atoms with Crippen LogP contribution in [-0.4, -0.2) is 47.4 Å². The van der Waals surface area contributed by atoms with Crippen LogP contribution in [-0.2, 0) is 14.3 Å². The first kappa shape index (κ1) is 64.6. The molecule has 67 heavy (non-hydrogen) atoms. The molecule has 0 heterocycles. The summed E-state index contributed by atoms with van der Waals surface area (Å²) >= 11 is 0. The Bertz CT molecular complexity index is 1170. The van der Waals surface area contributed by atoms with Crippen molar-refractivity contribution in [2.24, 2.45) is 0 Å². The first-order valence-electron chi connectivity index (χ1n) is 29.1. The van der Waals surface area contributed by atoms with Gasteiger partial charge in [-0.2, -0.15) is 0 Å². The van der Waals surface area contributed by atoms with Crippen LogP contribution in [0.25, 0.3) is 0 Å². The summed E-state index contributed by atoms with van der Waals surface area (Å²) in [5, 5.41) is 23.2. The van der Waals surface area contributed by atoms with Gasteiger partial charge >= 0.3 is 5.97 Å². The van der Waals surface area contributed by atoms with Gasteiger partial charge in [0.05, 0.1) is 25.4 Å². The Morgan fingerprint density at radius 1 is 0.418 bits per heavy atom. The van der Waals surface area contributed by atoms with Gasteiger partial charge < -0.3 is 20.3 Å². The van der Waals surface area contributed by atoms with E-state index in [4.69, 9.17) is 4.74 Å². The zero-order valence-corrected chi connectivity index (χ0v) is 44.4. The molecular weight excluding hydrogens is 827 g/mol. The number of esters is 1. The minimum Gasteiger partial charge on any atom is -0.466 e. The lowest BCUT2D eigenvalue weighted by molar-refractivity contribution is -0.143. The molecule has 2 unspecified atom stereocenters. The number of allylic oxidation sites excluding steroid dienone is 9. The molecule has 0 aromatic heterocycles. The normalized spacial score (nSPS) is 13.1. The molecule has 1 amide bonds. The van der Waals surface area contributed by atoms with Crippen LogP contribution in [0, 0.1) is 0 Å². The van der Waals surface area contributed by atoms with Crippen molar-refractivity contribution in [1.29, 1.82) is 0 Å². The Balaban J connectivity index is 3.55. The number of carbonyl (C=O) groups excluding carboxylic acids is 2. The Morgan fingerprint density at radius 2 is 0.776 bits per heavy atom. The smallest absolute Gasteiger partial charge is 0.305 e. The van der Waals surface area contributed by atoms with Crippen LogP contribution in [0.4, 0.5) is 0 Å². The molecule has 6 heteroatoms. The molecule has 0 aliphatic carbocycles. The number of nitrogens with one attached hydrogen (secondary N) is 1. The highest BCUT2D eigenvalue weighted by Gasteiger charge is 2.18. The first-order valence-corrected chi connectivity index (χ1v) is 29.1. The van der Waals surface area contributed by atoms with E-state index in [-0.39, 0.29) is 18.5 Å². The van der Waals surface area contributed by atoms with Crippen molar-refractivity contribution in [2.45, 2.75) is 302 Å². The molecule has 3 N–H and O–H groups in total. The van der Waals surface area contributed by atoms with Crippen LogP contribution >= 0.6 is 0 Å². The van der Waals surface area contributed by atoms with Crippen molar-refractivity contribution in [3.05, 3.63) is 60.8 Å². The van der Waals surface area contributed by atoms with Crippen LogP contribution in [0.15, 0.2) is 60.8 Å². The number of rotatable bonds is 53. The van der Waals surface area contributed by atoms with Crippen molar-refractivity contribution in [3.8, 4) is 0 Å². The monoisotopic (exact) mass is 938 g/mol. The summed E-state index contributed by atoms with van der Waals surface area (Å²) in [6.07, 6.45) is 72.4. The topological polar surface area (TPSA) is 95.9 Å². The zero-order chi connectivity index (χ0) is 48.6. The predicted octanol–water partition coefficient (Wildman–Crippen LogP) is 18.0. The number of aliphatic hydroxyl groups excluding tert-OH is 2. The third-order valence-electron chi connectivity index (χ3n) is 13.0. The number of aliphatic hydroxyl groups is 2. The van der Waals surface area contributed by atoms with Gasteiger partial charge in [0, 0.05) is 12.8 Å². The van der Waals surface area contributed by atoms with E-state index in [1.54, 1.807) is 6.08 Å². The van der Waals surface area contributed by atoms with Gasteiger partial charge in [0.25, 0.3) is 0 Å². The summed E-state index contributed by atoms with van der Waals surface area (Å²) in [5.41, 5.74) is 0. The van der Waals surface area contributed by atoms with Crippen molar-refractivity contribution in [1.82, 2.24) is 5.32 Å². The number of carbonyl (C=O) groups is 2. The molecular formula is C61H111NO5. The molecule has 0 aromatic rings. The maximum absolute atomic E-state index is 12.5. The van der Waals surface area contributed by atoms with E-state index in [0.29, 0.717) is 19.4 Å². The number of hydrogen-bond donors (Lipinski definition) is 3. The summed E-state index contributed by atoms with van der Waals surface area (Å²) in [5.74, 6) is -0.116. The second-order valence-electron chi connectivity index (χ2n) is 19.6. The van der Waals surface area contributed by atoms with Crippen molar-refractivity contribution in [2.75, 3.05) is 13.2 Å². The average Bonchev–Trinajstić information content (AvgIpc) is 3.33. The minimum absolute atomic E-state index is 0.0324. The minimum atomic E-state index is -0.857. The third-order valence-corrected chi connectivity index (χ3v) is 13.0. The molecule has 6 nitrogen and oxygen atoms in total. The molecule has 0 aromatic carbocycles. The summed E-state index contributed by atoms with van der Waals surface area (Å²) in [6.45, 7) is 4.79. The van der Waals surface area contributed by atoms with E-state index in [1.807, 2.05) is 6.08 Å². The van der Waals surface area contributed by atoms with Crippen molar-refractivity contribution >= 4 is 11.9 Å². The van der Waals surface area contributed by atoms with Gasteiger partial charge in [0.15, 0.2) is 0 Å². The van der Waals surface area contributed by atoms with Gasteiger partial charge in [0.2, 0.25) is 5.91 Å². The number of hydrogen-bond acceptors (Lipinski definition) is 5. The summed E-state index contributed by atoms with van der Waals surface area (Å²) < 4.78 is 5.43. The predicted molar refractivity (Wildman–Crippen MR) is 292 cm³/mol. The maximum Gasteiger partial charge on any atom is 0.305 e. The molecule has 390 valence electrons. The van der Waals surface area contributed by atoms with Crippen LogP contribution < -0.4 is 5.32 Å². The average molecular weight is 939 g/mol. The molecule has 0 radical (unpaired) electrons. The van der Waals surface area contributed by atoms with Gasteiger partial charge in [-0.15, -0.1) is 0 Å². The molecule has 0 aliphatic heterocycles. The third kappa shape index (κ3) is 52.8. The van der Waals surface area contributed by atoms with E-state index < -0.39 is 12.1 Å². The molecule has 0 bridgehead atoms. The molecule has 0 saturated heterocycles. The van der Waals surface area contributed by atoms with Crippen LogP contribution in [0.5, 0.6) is 0 Å². The quantitative estimate of drug-likeness (QED) is 0.0321. The Kier molecular flexibility index (Phi) is 54.1. The fourth-order valence-corrected chi connectivity index (χ4v) is 8.52. The number of unbranched alkanes of at least 4 members (excludes halogenated alkanes) is 34. The van der Waals surface area contributed by atoms with E-state index in [1.165, 1.54) is 167 Å². The molecule has 0 fully saturated rings. The SMILES string of the molecule is CCC/C=C\C/C=C\CCCCCCCC(=O)OCCCCC/C=C\C/C=C\CCCCCCCCCC(=O)NC(CO)C(O)/C=C/CCCCCCCCCCCCCCCCCCCC. The van der Waals surface area contributed by atoms with Crippen LogP contribution in [0.3, 0.4) is 0 Å². The highest BCUT2D eigenvalue weighted by molar-refractivity contribution is 5.76. The molecule has 0 rings (SSSR count). The van der Waals surface area contributed by atoms with Gasteiger partial charge in [-0.3, -0.25) is 9.59 Å². The highest BCUT2D eigenvalue weighted by Crippen LogP contribution is 2.16. The second kappa shape index (κ2) is 56.2. The lowest BCUT2D eigenvalue weighted by atomic mass is 10.0. The summed E-state index contributed by atoms with van der Waals surface area (Å²) in [4.78, 5) is 24.5.